The van der Waals surface area contributed by atoms with Crippen molar-refractivity contribution in [2.24, 2.45) is 0 Å². The zero-order valence-electron chi connectivity index (χ0n) is 14.2. The van der Waals surface area contributed by atoms with Gasteiger partial charge in [-0.1, -0.05) is 12.1 Å². The van der Waals surface area contributed by atoms with Crippen molar-refractivity contribution in [1.82, 2.24) is 5.32 Å². The summed E-state index contributed by atoms with van der Waals surface area (Å²) in [7, 11) is 3.09. The van der Waals surface area contributed by atoms with Crippen LogP contribution >= 0.6 is 0 Å². The van der Waals surface area contributed by atoms with E-state index < -0.39 is 0 Å². The molecular formula is C19H20N2O4. The highest BCUT2D eigenvalue weighted by molar-refractivity contribution is 5.99. The second-order valence-electron chi connectivity index (χ2n) is 5.82. The number of benzene rings is 2. The minimum absolute atomic E-state index is 0.0208. The molecule has 0 saturated carbocycles. The van der Waals surface area contributed by atoms with Gasteiger partial charge in [0.2, 0.25) is 5.91 Å². The van der Waals surface area contributed by atoms with Crippen molar-refractivity contribution >= 4 is 17.5 Å². The van der Waals surface area contributed by atoms with Crippen LogP contribution in [0.1, 0.15) is 21.5 Å². The molecule has 25 heavy (non-hydrogen) atoms. The Balaban J connectivity index is 1.60. The Labute approximate surface area is 146 Å². The summed E-state index contributed by atoms with van der Waals surface area (Å²) in [5, 5.41) is 5.70. The summed E-state index contributed by atoms with van der Waals surface area (Å²) in [6.07, 6.45) is 1.10. The first kappa shape index (κ1) is 16.8. The third-order valence-electron chi connectivity index (χ3n) is 4.11. The number of methoxy groups -OCH3 is 2. The van der Waals surface area contributed by atoms with Gasteiger partial charge in [0, 0.05) is 23.9 Å². The largest absolute Gasteiger partial charge is 0.497 e. The molecule has 3 rings (SSSR count). The lowest BCUT2D eigenvalue weighted by Crippen LogP contribution is -2.25. The number of hydrogen-bond acceptors (Lipinski definition) is 4. The molecule has 0 atom stereocenters. The van der Waals surface area contributed by atoms with Crippen molar-refractivity contribution < 1.29 is 19.1 Å². The zero-order valence-corrected chi connectivity index (χ0v) is 14.2. The van der Waals surface area contributed by atoms with Crippen molar-refractivity contribution in [2.75, 3.05) is 26.1 Å². The Kier molecular flexibility index (Phi) is 4.88. The van der Waals surface area contributed by atoms with Crippen LogP contribution in [0.3, 0.4) is 0 Å². The number of carbonyl (C=O) groups excluding carboxylic acids is 2. The quantitative estimate of drug-likeness (QED) is 0.845. The summed E-state index contributed by atoms with van der Waals surface area (Å²) in [6.45, 7) is 0.499. The predicted molar refractivity (Wildman–Crippen MR) is 94.4 cm³/mol. The van der Waals surface area contributed by atoms with E-state index in [9.17, 15) is 9.59 Å². The van der Waals surface area contributed by atoms with Gasteiger partial charge in [-0.05, 0) is 35.7 Å². The smallest absolute Gasteiger partial charge is 0.251 e. The summed E-state index contributed by atoms with van der Waals surface area (Å²) in [6, 6.07) is 10.9. The number of ether oxygens (including phenoxy) is 2. The molecule has 0 aromatic heterocycles. The molecule has 0 saturated heterocycles. The minimum Gasteiger partial charge on any atom is -0.497 e. The standard InChI is InChI=1S/C19H20N2O4/c1-24-15-8-14(9-16(11-15)25-2)19(23)20-6-5-12-3-4-17-13(7-12)10-18(22)21-17/h3-4,7-9,11H,5-6,10H2,1-2H3,(H,20,23)(H,21,22). The maximum absolute atomic E-state index is 12.3. The second kappa shape index (κ2) is 7.25. The summed E-state index contributed by atoms with van der Waals surface area (Å²) in [5.41, 5.74) is 3.45. The van der Waals surface area contributed by atoms with Crippen LogP contribution in [0.25, 0.3) is 0 Å². The van der Waals surface area contributed by atoms with E-state index in [2.05, 4.69) is 10.6 Å². The highest BCUT2D eigenvalue weighted by atomic mass is 16.5. The van der Waals surface area contributed by atoms with Crippen LogP contribution in [0.4, 0.5) is 5.69 Å². The van der Waals surface area contributed by atoms with Gasteiger partial charge in [0.15, 0.2) is 0 Å². The van der Waals surface area contributed by atoms with E-state index in [0.29, 0.717) is 36.4 Å². The molecule has 0 aliphatic carbocycles. The Morgan fingerprint density at radius 1 is 1.12 bits per heavy atom. The van der Waals surface area contributed by atoms with E-state index in [4.69, 9.17) is 9.47 Å². The van der Waals surface area contributed by atoms with Crippen LogP contribution in [0.5, 0.6) is 11.5 Å². The highest BCUT2D eigenvalue weighted by Crippen LogP contribution is 2.24. The van der Waals surface area contributed by atoms with Crippen molar-refractivity contribution in [2.45, 2.75) is 12.8 Å². The van der Waals surface area contributed by atoms with Gasteiger partial charge in [0.25, 0.3) is 5.91 Å². The Bertz CT molecular complexity index is 795. The minimum atomic E-state index is -0.185. The number of rotatable bonds is 6. The van der Waals surface area contributed by atoms with Crippen molar-refractivity contribution in [1.29, 1.82) is 0 Å². The fourth-order valence-corrected chi connectivity index (χ4v) is 2.80. The average Bonchev–Trinajstić information content (AvgIpc) is 3.00. The van der Waals surface area contributed by atoms with Gasteiger partial charge in [-0.15, -0.1) is 0 Å². The van der Waals surface area contributed by atoms with Gasteiger partial charge in [-0.2, -0.15) is 0 Å². The Morgan fingerprint density at radius 3 is 2.52 bits per heavy atom. The molecule has 1 heterocycles. The zero-order chi connectivity index (χ0) is 17.8. The first-order valence-corrected chi connectivity index (χ1v) is 8.02. The third-order valence-corrected chi connectivity index (χ3v) is 4.11. The fourth-order valence-electron chi connectivity index (χ4n) is 2.80. The lowest BCUT2D eigenvalue weighted by Gasteiger charge is -2.10. The lowest BCUT2D eigenvalue weighted by molar-refractivity contribution is -0.115. The fraction of sp³-hybridized carbons (Fsp3) is 0.263. The van der Waals surface area contributed by atoms with E-state index in [1.807, 2.05) is 18.2 Å². The first-order chi connectivity index (χ1) is 12.1. The number of fused-ring (bicyclic) bond motifs is 1. The number of anilines is 1. The Hall–Kier alpha value is -3.02. The predicted octanol–water partition coefficient (Wildman–Crippen LogP) is 2.17. The molecule has 0 radical (unpaired) electrons. The molecule has 0 fully saturated rings. The van der Waals surface area contributed by atoms with E-state index in [0.717, 1.165) is 16.8 Å². The average molecular weight is 340 g/mol. The molecule has 2 aromatic rings. The number of hydrogen-bond donors (Lipinski definition) is 2. The Morgan fingerprint density at radius 2 is 1.84 bits per heavy atom. The van der Waals surface area contributed by atoms with Crippen molar-refractivity contribution in [3.63, 3.8) is 0 Å². The molecule has 1 aliphatic rings. The van der Waals surface area contributed by atoms with Gasteiger partial charge in [0.1, 0.15) is 11.5 Å². The molecule has 2 aromatic carbocycles. The van der Waals surface area contributed by atoms with Crippen LogP contribution in [-0.4, -0.2) is 32.6 Å². The molecule has 0 bridgehead atoms. The van der Waals surface area contributed by atoms with Gasteiger partial charge in [0.05, 0.1) is 20.6 Å². The SMILES string of the molecule is COc1cc(OC)cc(C(=O)NCCc2ccc3c(c2)CC(=O)N3)c1. The van der Waals surface area contributed by atoms with Crippen LogP contribution in [0.15, 0.2) is 36.4 Å². The molecule has 2 amide bonds. The summed E-state index contributed by atoms with van der Waals surface area (Å²) >= 11 is 0. The molecule has 130 valence electrons. The van der Waals surface area contributed by atoms with Gasteiger partial charge in [-0.3, -0.25) is 9.59 Å². The molecular weight excluding hydrogens is 320 g/mol. The molecule has 6 heteroatoms. The summed E-state index contributed by atoms with van der Waals surface area (Å²) in [5.74, 6) is 0.975. The van der Waals surface area contributed by atoms with Gasteiger partial charge >= 0.3 is 0 Å². The second-order valence-corrected chi connectivity index (χ2v) is 5.82. The monoisotopic (exact) mass is 340 g/mol. The van der Waals surface area contributed by atoms with Crippen LogP contribution in [0, 0.1) is 0 Å². The molecule has 0 spiro atoms. The van der Waals surface area contributed by atoms with Crippen LogP contribution in [-0.2, 0) is 17.6 Å². The van der Waals surface area contributed by atoms with Crippen LogP contribution < -0.4 is 20.1 Å². The summed E-state index contributed by atoms with van der Waals surface area (Å²) in [4.78, 5) is 23.7. The highest BCUT2D eigenvalue weighted by Gasteiger charge is 2.17. The number of amides is 2. The van der Waals surface area contributed by atoms with Gasteiger partial charge in [-0.25, -0.2) is 0 Å². The maximum atomic E-state index is 12.3. The van der Waals surface area contributed by atoms with Crippen LogP contribution in [0.2, 0.25) is 0 Å². The summed E-state index contributed by atoms with van der Waals surface area (Å²) < 4.78 is 10.4. The van der Waals surface area contributed by atoms with Gasteiger partial charge < -0.3 is 20.1 Å². The number of carbonyl (C=O) groups is 2. The van der Waals surface area contributed by atoms with E-state index >= 15 is 0 Å². The van der Waals surface area contributed by atoms with E-state index in [1.54, 1.807) is 32.4 Å². The molecule has 6 nitrogen and oxygen atoms in total. The third kappa shape index (κ3) is 3.91. The maximum Gasteiger partial charge on any atom is 0.251 e. The van der Waals surface area contributed by atoms with E-state index in [1.165, 1.54) is 0 Å². The first-order valence-electron chi connectivity index (χ1n) is 8.02. The molecule has 2 N–H and O–H groups in total. The molecule has 0 unspecified atom stereocenters. The molecule has 1 aliphatic heterocycles. The topological polar surface area (TPSA) is 76.7 Å². The normalized spacial score (nSPS) is 12.3. The van der Waals surface area contributed by atoms with Crippen molar-refractivity contribution in [3.05, 3.63) is 53.1 Å². The van der Waals surface area contributed by atoms with Crippen molar-refractivity contribution in [3.8, 4) is 11.5 Å². The number of nitrogens with one attached hydrogen (secondary N) is 2. The van der Waals surface area contributed by atoms with E-state index in [-0.39, 0.29) is 11.8 Å². The lowest BCUT2D eigenvalue weighted by atomic mass is 10.1.